The molecule has 0 fully saturated rings. The van der Waals surface area contributed by atoms with E-state index in [9.17, 15) is 33.9 Å². The quantitative estimate of drug-likeness (QED) is 0.0137. The minimum absolute atomic E-state index is 0. The van der Waals surface area contributed by atoms with Crippen molar-refractivity contribution in [3.05, 3.63) is 121 Å². The fourth-order valence-electron chi connectivity index (χ4n) is 5.70. The number of pyridine rings is 4. The van der Waals surface area contributed by atoms with Crippen molar-refractivity contribution in [1.82, 2.24) is 25.0 Å². The molecule has 0 saturated carbocycles. The van der Waals surface area contributed by atoms with Crippen molar-refractivity contribution >= 4 is 95.6 Å². The zero-order valence-electron chi connectivity index (χ0n) is 55.5. The first kappa shape index (κ1) is 113. The van der Waals surface area contributed by atoms with Gasteiger partial charge in [-0.1, -0.05) is 96.0 Å². The molecule has 1 amide bonds. The number of nitrogens with zero attached hydrogens (tertiary/aromatic N) is 5. The highest BCUT2D eigenvalue weighted by Gasteiger charge is 2.15. The van der Waals surface area contributed by atoms with E-state index in [1.54, 1.807) is 43.4 Å². The van der Waals surface area contributed by atoms with Crippen LogP contribution in [0, 0.1) is 0 Å². The minimum atomic E-state index is -0.944. The molecule has 576 valence electrons. The average Bonchev–Trinajstić information content (AvgIpc) is 0.900. The zero-order chi connectivity index (χ0) is 70.1. The van der Waals surface area contributed by atoms with Crippen LogP contribution in [-0.4, -0.2) is 238 Å². The van der Waals surface area contributed by atoms with Crippen LogP contribution in [0.3, 0.4) is 0 Å². The Bertz CT molecular complexity index is 2510. The van der Waals surface area contributed by atoms with E-state index in [0.717, 1.165) is 59.6 Å². The number of hydrogen-bond acceptors (Lipinski definition) is 25. The van der Waals surface area contributed by atoms with Gasteiger partial charge in [-0.3, -0.25) is 19.2 Å². The summed E-state index contributed by atoms with van der Waals surface area (Å²) in [5.74, 6) is 3.04. The molecule has 1 atom stereocenters. The van der Waals surface area contributed by atoms with Crippen LogP contribution in [0.4, 0.5) is 0 Å². The summed E-state index contributed by atoms with van der Waals surface area (Å²) in [4.78, 5) is 91.3. The normalized spacial score (nSPS) is 9.81. The van der Waals surface area contributed by atoms with Gasteiger partial charge < -0.3 is 77.8 Å². The number of halogens is 4. The summed E-state index contributed by atoms with van der Waals surface area (Å²) in [6, 6.07) is 20.3. The van der Waals surface area contributed by atoms with E-state index in [1.165, 1.54) is 46.6 Å². The van der Waals surface area contributed by atoms with Gasteiger partial charge in [-0.15, -0.1) is 12.4 Å². The van der Waals surface area contributed by atoms with Crippen LogP contribution < -0.4 is 0 Å². The van der Waals surface area contributed by atoms with Crippen molar-refractivity contribution in [2.75, 3.05) is 168 Å². The molecule has 0 spiro atoms. The summed E-state index contributed by atoms with van der Waals surface area (Å²) < 4.78 is 62.9. The van der Waals surface area contributed by atoms with E-state index in [4.69, 9.17) is 58.4 Å². The molecule has 1 unspecified atom stereocenters. The van der Waals surface area contributed by atoms with Gasteiger partial charge in [0.05, 0.1) is 99.7 Å². The summed E-state index contributed by atoms with van der Waals surface area (Å²) in [6.07, 6.45) is 3.98. The second-order valence-corrected chi connectivity index (χ2v) is 20.3. The number of Topliss-reactive ketones (excluding diaryl/α,β-unsaturated/α-hetero) is 2. The lowest BCUT2D eigenvalue weighted by Crippen LogP contribution is -2.29. The van der Waals surface area contributed by atoms with E-state index in [0.29, 0.717) is 102 Å². The third kappa shape index (κ3) is 69.8. The van der Waals surface area contributed by atoms with Crippen LogP contribution in [0.5, 0.6) is 0 Å². The Labute approximate surface area is 621 Å². The molecular formula is C67H117Br3ClN6O22-. The largest absolute Gasteiger partial charge is 0.550 e. The van der Waals surface area contributed by atoms with Crippen molar-refractivity contribution < 1.29 is 105 Å². The molecular weight excluding hydrogens is 1520 g/mol. The summed E-state index contributed by atoms with van der Waals surface area (Å²) >= 11 is 9.66. The number of aliphatic hydroxyl groups excluding tert-OH is 1. The molecule has 0 aliphatic rings. The molecule has 32 heteroatoms. The summed E-state index contributed by atoms with van der Waals surface area (Å²) in [7, 11) is 6.81. The van der Waals surface area contributed by atoms with Gasteiger partial charge in [0.1, 0.15) is 69.1 Å². The molecule has 28 nitrogen and oxygen atoms in total. The van der Waals surface area contributed by atoms with Crippen LogP contribution in [0.2, 0.25) is 0 Å². The van der Waals surface area contributed by atoms with Crippen molar-refractivity contribution in [2.24, 2.45) is 0 Å². The van der Waals surface area contributed by atoms with E-state index in [1.807, 2.05) is 52.8 Å². The van der Waals surface area contributed by atoms with E-state index in [2.05, 4.69) is 86.9 Å². The number of carbonyl (C=O) groups is 6. The summed E-state index contributed by atoms with van der Waals surface area (Å²) in [6.45, 7) is 18.0. The highest BCUT2D eigenvalue weighted by molar-refractivity contribution is 9.11. The number of likely N-dealkylation sites (N-methyl/N-ethyl adjacent to an activating group) is 1. The number of hydroxylamine groups is 2. The molecule has 4 heterocycles. The Hall–Kier alpha value is -5.01. The number of hydrogen-bond donors (Lipinski definition) is 2. The predicted octanol–water partition coefficient (Wildman–Crippen LogP) is 13.1. The highest BCUT2D eigenvalue weighted by Crippen LogP contribution is 2.13. The first-order valence-corrected chi connectivity index (χ1v) is 31.9. The van der Waals surface area contributed by atoms with Crippen molar-refractivity contribution in [3.63, 3.8) is 0 Å². The molecule has 0 aromatic carbocycles. The maximum atomic E-state index is 11.8. The fourth-order valence-corrected chi connectivity index (χ4v) is 6.97. The van der Waals surface area contributed by atoms with Gasteiger partial charge in [0.2, 0.25) is 11.6 Å². The maximum Gasteiger partial charge on any atom is 0.356 e. The molecule has 0 aliphatic heterocycles. The SMILES string of the molecule is Brc1cccc(Br)n1.C.C.C.C.C.CCCOCCOCC(=O)N(C)OC.CCCOCCOCC(=O)O.CCCOCCOCC(=O)c1cccc(Br)n1.CCCOCCOCC(=O)c1cccc(C(=O)OC)n1.CCCOCCOCC(O)c1cccc(C(=O)OC)n1.CO[NH-].Cl. The number of aliphatic carboxylic acids is 1. The number of esters is 2. The molecule has 0 bridgehead atoms. The number of ether oxygens (including phenoxy) is 12. The summed E-state index contributed by atoms with van der Waals surface area (Å²) in [5, 5.41) is 19.2. The Morgan fingerprint density at radius 1 is 0.434 bits per heavy atom. The number of rotatable bonds is 41. The van der Waals surface area contributed by atoms with Crippen LogP contribution in [-0.2, 0) is 76.1 Å². The number of aromatic nitrogens is 4. The molecule has 0 radical (unpaired) electrons. The Morgan fingerprint density at radius 2 is 0.737 bits per heavy atom. The number of methoxy groups -OCH3 is 2. The average molecular weight is 1630 g/mol. The lowest BCUT2D eigenvalue weighted by atomic mass is 10.2. The molecule has 99 heavy (non-hydrogen) atoms. The number of amides is 1. The second-order valence-electron chi connectivity index (χ2n) is 17.8. The number of carboxylic acid groups (broad SMARTS) is 1. The van der Waals surface area contributed by atoms with Crippen LogP contribution in [0.25, 0.3) is 5.90 Å². The monoisotopic (exact) mass is 1630 g/mol. The van der Waals surface area contributed by atoms with Crippen molar-refractivity contribution in [3.8, 4) is 0 Å². The van der Waals surface area contributed by atoms with E-state index >= 15 is 0 Å². The fraction of sp³-hybridized carbons (Fsp3) is 0.612. The van der Waals surface area contributed by atoms with E-state index < -0.39 is 24.0 Å². The standard InChI is InChI=1S/C14H21NO5.C14H19NO5.C12H16BrNO3.C9H19NO4.C7H14O4.C5H3Br2N.CH4NO.5CH4.ClH/c2*1-3-7-19-8-9-20-10-13(16)11-5-4-6-12(15-11)14(17)18-2;1-2-6-16-7-8-17-9-11(15)10-4-3-5-12(13)14-10;1-4-5-13-6-7-14-8-9(11)10(2)12-3;1-2-3-10-4-5-11-6-7(8)9;6-4-2-1-3-5(7)8-4;1-3-2;;;;;;/h4-6,13,16H,3,7-10H2,1-2H3;4-6H,3,7-10H2,1-2H3;3-5H,2,6-9H2,1H3;4-8H2,1-3H3;2-6H2,1H3,(H,8,9);1-3H;2H,1H3;5*1H4;1H/q;;;;;;-1;;;;;;. The predicted molar refractivity (Wildman–Crippen MR) is 396 cm³/mol. The second kappa shape index (κ2) is 82.0. The lowest BCUT2D eigenvalue weighted by Gasteiger charge is -2.13. The first-order chi connectivity index (χ1) is 44.8. The van der Waals surface area contributed by atoms with Crippen molar-refractivity contribution in [1.29, 1.82) is 0 Å². The van der Waals surface area contributed by atoms with Gasteiger partial charge >= 0.3 is 17.9 Å². The Morgan fingerprint density at radius 3 is 1.08 bits per heavy atom. The molecule has 0 saturated heterocycles. The first-order valence-electron chi connectivity index (χ1n) is 29.6. The molecule has 3 N–H and O–H groups in total. The van der Waals surface area contributed by atoms with Gasteiger partial charge in [-0.2, -0.15) is 0 Å². The van der Waals surface area contributed by atoms with Gasteiger partial charge in [-0.25, -0.2) is 39.4 Å². The van der Waals surface area contributed by atoms with Crippen molar-refractivity contribution in [2.45, 2.75) is 110 Å². The lowest BCUT2D eigenvalue weighted by molar-refractivity contribution is -0.173. The third-order valence-electron chi connectivity index (χ3n) is 10.0. The van der Waals surface area contributed by atoms with Gasteiger partial charge in [0, 0.05) is 47.2 Å². The Kier molecular flexibility index (Phi) is 93.1. The smallest absolute Gasteiger partial charge is 0.356 e. The topological polar surface area (TPSA) is 351 Å². The number of carboxylic acids is 1. The van der Waals surface area contributed by atoms with Gasteiger partial charge in [0.25, 0.3) is 5.91 Å². The third-order valence-corrected chi connectivity index (χ3v) is 11.4. The zero-order valence-corrected chi connectivity index (χ0v) is 61.1. The maximum absolute atomic E-state index is 11.8. The number of ketones is 2. The van der Waals surface area contributed by atoms with Gasteiger partial charge in [0.15, 0.2) is 0 Å². The van der Waals surface area contributed by atoms with Gasteiger partial charge in [-0.05, 0) is 128 Å². The Balaban J connectivity index is -0.000000140. The number of aliphatic hydroxyl groups is 1. The number of nitrogens with one attached hydrogen (secondary N) is 1. The molecule has 0 aliphatic carbocycles. The van der Waals surface area contributed by atoms with Crippen LogP contribution in [0.15, 0.2) is 86.6 Å². The highest BCUT2D eigenvalue weighted by atomic mass is 79.9. The molecule has 4 rings (SSSR count). The molecule has 4 aromatic rings. The number of carbonyl (C=O) groups excluding carboxylic acids is 5. The minimum Gasteiger partial charge on any atom is -0.550 e. The van der Waals surface area contributed by atoms with E-state index in [-0.39, 0.29) is 117 Å². The van der Waals surface area contributed by atoms with Crippen LogP contribution in [0.1, 0.15) is 158 Å². The molecule has 4 aromatic heterocycles. The van der Waals surface area contributed by atoms with Crippen LogP contribution >= 0.6 is 60.2 Å². The summed E-state index contributed by atoms with van der Waals surface area (Å²) in [5.41, 5.74) is 1.23.